The van der Waals surface area contributed by atoms with Crippen LogP contribution in [0.3, 0.4) is 0 Å². The van der Waals surface area contributed by atoms with Crippen molar-refractivity contribution in [1.82, 2.24) is 20.4 Å². The van der Waals surface area contributed by atoms with Gasteiger partial charge in [-0.05, 0) is 29.8 Å². The lowest BCUT2D eigenvalue weighted by Gasteiger charge is -2.12. The maximum atomic E-state index is 12.8. The Bertz CT molecular complexity index is 932. The van der Waals surface area contributed by atoms with Gasteiger partial charge in [0.2, 0.25) is 0 Å². The normalized spacial score (nSPS) is 12.1. The van der Waals surface area contributed by atoms with Crippen molar-refractivity contribution < 1.29 is 13.2 Å². The molecule has 0 atom stereocenters. The van der Waals surface area contributed by atoms with E-state index in [0.29, 0.717) is 18.1 Å². The van der Waals surface area contributed by atoms with Crippen LogP contribution in [0.5, 0.6) is 0 Å². The van der Waals surface area contributed by atoms with Crippen LogP contribution in [0, 0.1) is 0 Å². The molecular formula is C20H20F3N5. The molecule has 0 saturated heterocycles. The number of nitrogens with one attached hydrogen (secondary N) is 2. The highest BCUT2D eigenvalue weighted by atomic mass is 19.4. The fourth-order valence-electron chi connectivity index (χ4n) is 2.62. The van der Waals surface area contributed by atoms with Gasteiger partial charge in [-0.3, -0.25) is 4.99 Å². The number of benzene rings is 2. The molecule has 0 amide bonds. The van der Waals surface area contributed by atoms with E-state index < -0.39 is 11.7 Å². The third kappa shape index (κ3) is 5.12. The second-order valence-electron chi connectivity index (χ2n) is 6.11. The first-order chi connectivity index (χ1) is 13.5. The van der Waals surface area contributed by atoms with Gasteiger partial charge in [0.05, 0.1) is 17.4 Å². The topological polar surface area (TPSA) is 54.2 Å². The summed E-state index contributed by atoms with van der Waals surface area (Å²) in [5.41, 5.74) is 1.77. The van der Waals surface area contributed by atoms with Gasteiger partial charge in [-0.25, -0.2) is 4.68 Å². The van der Waals surface area contributed by atoms with Crippen LogP contribution in [0.25, 0.3) is 5.69 Å². The summed E-state index contributed by atoms with van der Waals surface area (Å²) in [5, 5.41) is 10.5. The number of alkyl halides is 3. The zero-order chi connectivity index (χ0) is 20.0. The number of aliphatic imine (C=N–C) groups is 1. The van der Waals surface area contributed by atoms with E-state index in [2.05, 4.69) is 20.7 Å². The average molecular weight is 387 g/mol. The van der Waals surface area contributed by atoms with E-state index in [1.165, 1.54) is 6.07 Å². The van der Waals surface area contributed by atoms with E-state index in [1.54, 1.807) is 24.0 Å². The van der Waals surface area contributed by atoms with E-state index in [1.807, 2.05) is 36.5 Å². The Kier molecular flexibility index (Phi) is 5.98. The van der Waals surface area contributed by atoms with Gasteiger partial charge in [0.25, 0.3) is 0 Å². The van der Waals surface area contributed by atoms with Crippen molar-refractivity contribution in [3.63, 3.8) is 0 Å². The standard InChI is InChI=1S/C20H20F3N5/c1-24-19(25-11-15-6-5-7-17(10-15)20(21,22)23)26-12-16-13-27-28(14-16)18-8-3-2-4-9-18/h2-10,13-14H,11-12H2,1H3,(H2,24,25,26). The van der Waals surface area contributed by atoms with Gasteiger partial charge in [-0.1, -0.05) is 30.3 Å². The Labute approximate surface area is 160 Å². The molecule has 0 bridgehead atoms. The highest BCUT2D eigenvalue weighted by molar-refractivity contribution is 5.79. The van der Waals surface area contributed by atoms with Crippen LogP contribution in [0.15, 0.2) is 72.0 Å². The molecule has 0 unspecified atom stereocenters. The lowest BCUT2D eigenvalue weighted by Crippen LogP contribution is -2.36. The average Bonchev–Trinajstić information content (AvgIpc) is 3.17. The highest BCUT2D eigenvalue weighted by Gasteiger charge is 2.30. The molecule has 1 aromatic heterocycles. The molecule has 0 radical (unpaired) electrons. The number of nitrogens with zero attached hydrogens (tertiary/aromatic N) is 3. The molecule has 0 aliphatic carbocycles. The van der Waals surface area contributed by atoms with Gasteiger partial charge in [0.15, 0.2) is 5.96 Å². The Hall–Kier alpha value is -3.29. The van der Waals surface area contributed by atoms with Crippen molar-refractivity contribution in [3.8, 4) is 5.69 Å². The number of hydrogen-bond donors (Lipinski definition) is 2. The van der Waals surface area contributed by atoms with E-state index in [9.17, 15) is 13.2 Å². The van der Waals surface area contributed by atoms with E-state index in [4.69, 9.17) is 0 Å². The number of aromatic nitrogens is 2. The summed E-state index contributed by atoms with van der Waals surface area (Å²) in [4.78, 5) is 4.10. The summed E-state index contributed by atoms with van der Waals surface area (Å²) in [6, 6.07) is 15.0. The van der Waals surface area contributed by atoms with Crippen LogP contribution in [-0.2, 0) is 19.3 Å². The van der Waals surface area contributed by atoms with Crippen LogP contribution < -0.4 is 10.6 Å². The maximum Gasteiger partial charge on any atom is 0.416 e. The molecular weight excluding hydrogens is 367 g/mol. The van der Waals surface area contributed by atoms with Gasteiger partial charge in [-0.2, -0.15) is 18.3 Å². The Morgan fingerprint density at radius 2 is 1.71 bits per heavy atom. The van der Waals surface area contributed by atoms with E-state index in [0.717, 1.165) is 23.4 Å². The van der Waals surface area contributed by atoms with Crippen LogP contribution in [0.2, 0.25) is 0 Å². The van der Waals surface area contributed by atoms with Crippen molar-refractivity contribution in [2.45, 2.75) is 19.3 Å². The van der Waals surface area contributed by atoms with Crippen molar-refractivity contribution in [2.75, 3.05) is 7.05 Å². The summed E-state index contributed by atoms with van der Waals surface area (Å²) in [7, 11) is 1.61. The zero-order valence-corrected chi connectivity index (χ0v) is 15.2. The molecule has 0 fully saturated rings. The van der Waals surface area contributed by atoms with Crippen LogP contribution in [0.1, 0.15) is 16.7 Å². The first-order valence-electron chi connectivity index (χ1n) is 8.65. The van der Waals surface area contributed by atoms with Crippen molar-refractivity contribution in [2.24, 2.45) is 4.99 Å². The Morgan fingerprint density at radius 3 is 2.39 bits per heavy atom. The molecule has 0 saturated carbocycles. The fourth-order valence-corrected chi connectivity index (χ4v) is 2.62. The van der Waals surface area contributed by atoms with Crippen LogP contribution in [-0.4, -0.2) is 22.8 Å². The zero-order valence-electron chi connectivity index (χ0n) is 15.2. The first kappa shape index (κ1) is 19.5. The maximum absolute atomic E-state index is 12.8. The SMILES string of the molecule is CN=C(NCc1cccc(C(F)(F)F)c1)NCc1cnn(-c2ccccc2)c1. The molecule has 2 aromatic carbocycles. The molecule has 0 aliphatic rings. The van der Waals surface area contributed by atoms with Gasteiger partial charge in [0, 0.05) is 31.9 Å². The molecule has 3 aromatic rings. The van der Waals surface area contributed by atoms with Gasteiger partial charge in [0.1, 0.15) is 0 Å². The Balaban J connectivity index is 1.55. The monoisotopic (exact) mass is 387 g/mol. The summed E-state index contributed by atoms with van der Waals surface area (Å²) in [6.07, 6.45) is -0.697. The lowest BCUT2D eigenvalue weighted by atomic mass is 10.1. The Morgan fingerprint density at radius 1 is 1.00 bits per heavy atom. The molecule has 5 nitrogen and oxygen atoms in total. The molecule has 1 heterocycles. The van der Waals surface area contributed by atoms with Crippen molar-refractivity contribution >= 4 is 5.96 Å². The molecule has 0 aliphatic heterocycles. The van der Waals surface area contributed by atoms with Crippen LogP contribution in [0.4, 0.5) is 13.2 Å². The van der Waals surface area contributed by atoms with E-state index >= 15 is 0 Å². The van der Waals surface area contributed by atoms with Gasteiger partial charge in [-0.15, -0.1) is 0 Å². The second-order valence-corrected chi connectivity index (χ2v) is 6.11. The summed E-state index contributed by atoms with van der Waals surface area (Å²) in [5.74, 6) is 0.491. The quantitative estimate of drug-likeness (QED) is 0.518. The van der Waals surface area contributed by atoms with E-state index in [-0.39, 0.29) is 6.54 Å². The summed E-state index contributed by atoms with van der Waals surface area (Å²) >= 11 is 0. The highest BCUT2D eigenvalue weighted by Crippen LogP contribution is 2.29. The number of para-hydroxylation sites is 1. The first-order valence-corrected chi connectivity index (χ1v) is 8.65. The smallest absolute Gasteiger partial charge is 0.352 e. The van der Waals surface area contributed by atoms with Crippen molar-refractivity contribution in [1.29, 1.82) is 0 Å². The molecule has 3 rings (SSSR count). The fraction of sp³-hybridized carbons (Fsp3) is 0.200. The minimum Gasteiger partial charge on any atom is -0.352 e. The minimum absolute atomic E-state index is 0.229. The molecule has 8 heteroatoms. The summed E-state index contributed by atoms with van der Waals surface area (Å²) in [6.45, 7) is 0.710. The largest absolute Gasteiger partial charge is 0.416 e. The minimum atomic E-state index is -4.35. The molecule has 2 N–H and O–H groups in total. The number of guanidine groups is 1. The number of halogens is 3. The summed E-state index contributed by atoms with van der Waals surface area (Å²) < 4.78 is 40.2. The second kappa shape index (κ2) is 8.60. The van der Waals surface area contributed by atoms with Crippen molar-refractivity contribution in [3.05, 3.63) is 83.7 Å². The molecule has 0 spiro atoms. The third-order valence-electron chi connectivity index (χ3n) is 4.05. The predicted octanol–water partition coefficient (Wildman–Crippen LogP) is 3.76. The van der Waals surface area contributed by atoms with Gasteiger partial charge < -0.3 is 10.6 Å². The van der Waals surface area contributed by atoms with Crippen LogP contribution >= 0.6 is 0 Å². The number of rotatable bonds is 5. The third-order valence-corrected chi connectivity index (χ3v) is 4.05. The lowest BCUT2D eigenvalue weighted by molar-refractivity contribution is -0.137. The number of hydrogen-bond acceptors (Lipinski definition) is 2. The van der Waals surface area contributed by atoms with Gasteiger partial charge >= 0.3 is 6.18 Å². The molecule has 146 valence electrons. The predicted molar refractivity (Wildman–Crippen MR) is 102 cm³/mol. The molecule has 28 heavy (non-hydrogen) atoms.